The van der Waals surface area contributed by atoms with Gasteiger partial charge in [0.25, 0.3) is 5.56 Å². The lowest BCUT2D eigenvalue weighted by molar-refractivity contribution is -0.139. The normalized spacial score (nSPS) is 16.1. The molecule has 8 heteroatoms. The van der Waals surface area contributed by atoms with Gasteiger partial charge in [-0.05, 0) is 32.3 Å². The van der Waals surface area contributed by atoms with Crippen molar-refractivity contribution in [2.75, 3.05) is 6.54 Å². The van der Waals surface area contributed by atoms with Crippen LogP contribution in [0.4, 0.5) is 0 Å². The number of aryl methyl sites for hydroxylation is 1. The van der Waals surface area contributed by atoms with Gasteiger partial charge in [0.05, 0.1) is 0 Å². The summed E-state index contributed by atoms with van der Waals surface area (Å²) in [6.07, 6.45) is 2.74. The molecule has 154 valence electrons. The fraction of sp³-hybridized carbons (Fsp3) is 0.429. The molecule has 29 heavy (non-hydrogen) atoms. The predicted molar refractivity (Wildman–Crippen MR) is 108 cm³/mol. The Morgan fingerprint density at radius 3 is 2.59 bits per heavy atom. The Labute approximate surface area is 168 Å². The molecule has 0 unspecified atom stereocenters. The largest absolute Gasteiger partial charge is 0.350 e. The van der Waals surface area contributed by atoms with E-state index in [1.165, 1.54) is 15.7 Å². The zero-order valence-electron chi connectivity index (χ0n) is 16.8. The second kappa shape index (κ2) is 8.89. The van der Waals surface area contributed by atoms with E-state index in [1.54, 1.807) is 13.8 Å². The molecule has 1 aliphatic heterocycles. The smallest absolute Gasteiger partial charge is 0.331 e. The van der Waals surface area contributed by atoms with Crippen LogP contribution >= 0.6 is 0 Å². The average molecular weight is 398 g/mol. The number of amides is 2. The summed E-state index contributed by atoms with van der Waals surface area (Å²) in [5.41, 5.74) is 0.527. The standard InChI is InChI=1S/C21H26N4O4/c1-3-24-20(28)15(2)13-23(21(24)29)14-18(26)25-11-7-10-17(25)19(27)22-12-16-8-5-4-6-9-16/h4-6,8-9,13,17H,3,7,10-12,14H2,1-2H3,(H,22,27)/t17-/m0/s1. The van der Waals surface area contributed by atoms with E-state index in [0.717, 1.165) is 16.6 Å². The summed E-state index contributed by atoms with van der Waals surface area (Å²) in [7, 11) is 0. The van der Waals surface area contributed by atoms with Crippen LogP contribution in [0.3, 0.4) is 0 Å². The third-order valence-corrected chi connectivity index (χ3v) is 5.22. The van der Waals surface area contributed by atoms with Gasteiger partial charge < -0.3 is 10.2 Å². The van der Waals surface area contributed by atoms with Crippen molar-refractivity contribution in [2.24, 2.45) is 0 Å². The highest BCUT2D eigenvalue weighted by Gasteiger charge is 2.34. The zero-order valence-corrected chi connectivity index (χ0v) is 16.8. The molecule has 3 rings (SSSR count). The van der Waals surface area contributed by atoms with Crippen molar-refractivity contribution in [3.05, 3.63) is 68.5 Å². The summed E-state index contributed by atoms with van der Waals surface area (Å²) in [6.45, 7) is 4.25. The van der Waals surface area contributed by atoms with E-state index in [9.17, 15) is 19.2 Å². The van der Waals surface area contributed by atoms with E-state index in [0.29, 0.717) is 25.1 Å². The van der Waals surface area contributed by atoms with Crippen LogP contribution in [0.5, 0.6) is 0 Å². The third kappa shape index (κ3) is 4.47. The van der Waals surface area contributed by atoms with Crippen molar-refractivity contribution < 1.29 is 9.59 Å². The molecule has 1 aromatic carbocycles. The molecule has 0 bridgehead atoms. The Morgan fingerprint density at radius 1 is 1.17 bits per heavy atom. The summed E-state index contributed by atoms with van der Waals surface area (Å²) in [4.78, 5) is 51.5. The Morgan fingerprint density at radius 2 is 1.90 bits per heavy atom. The number of carbonyl (C=O) groups is 2. The number of nitrogens with one attached hydrogen (secondary N) is 1. The van der Waals surface area contributed by atoms with E-state index >= 15 is 0 Å². The molecule has 2 amide bonds. The van der Waals surface area contributed by atoms with Gasteiger partial charge in [0, 0.05) is 31.4 Å². The van der Waals surface area contributed by atoms with Crippen LogP contribution in [0, 0.1) is 6.92 Å². The fourth-order valence-corrected chi connectivity index (χ4v) is 3.67. The minimum Gasteiger partial charge on any atom is -0.350 e. The van der Waals surface area contributed by atoms with Gasteiger partial charge in [0.15, 0.2) is 0 Å². The van der Waals surface area contributed by atoms with Gasteiger partial charge in [-0.3, -0.25) is 23.5 Å². The van der Waals surface area contributed by atoms with Gasteiger partial charge in [-0.15, -0.1) is 0 Å². The fourth-order valence-electron chi connectivity index (χ4n) is 3.67. The van der Waals surface area contributed by atoms with Crippen LogP contribution in [0.2, 0.25) is 0 Å². The van der Waals surface area contributed by atoms with Gasteiger partial charge in [-0.25, -0.2) is 4.79 Å². The van der Waals surface area contributed by atoms with E-state index < -0.39 is 11.7 Å². The summed E-state index contributed by atoms with van der Waals surface area (Å²) in [6, 6.07) is 9.03. The Balaban J connectivity index is 1.70. The number of nitrogens with zero attached hydrogens (tertiary/aromatic N) is 3. The van der Waals surface area contributed by atoms with Gasteiger partial charge in [-0.1, -0.05) is 30.3 Å². The SMILES string of the molecule is CCn1c(=O)c(C)cn(CC(=O)N2CCC[C@H]2C(=O)NCc2ccccc2)c1=O. The quantitative estimate of drug-likeness (QED) is 0.773. The van der Waals surface area contributed by atoms with Crippen LogP contribution in [0.15, 0.2) is 46.1 Å². The molecule has 1 atom stereocenters. The highest BCUT2D eigenvalue weighted by Crippen LogP contribution is 2.18. The van der Waals surface area contributed by atoms with E-state index in [4.69, 9.17) is 0 Å². The minimum atomic E-state index is -0.542. The molecule has 8 nitrogen and oxygen atoms in total. The highest BCUT2D eigenvalue weighted by atomic mass is 16.2. The van der Waals surface area contributed by atoms with Crippen LogP contribution < -0.4 is 16.6 Å². The predicted octanol–water partition coefficient (Wildman–Crippen LogP) is 0.646. The molecule has 0 saturated carbocycles. The number of hydrogen-bond acceptors (Lipinski definition) is 4. The molecule has 0 aliphatic carbocycles. The van der Waals surface area contributed by atoms with Crippen LogP contribution in [0.1, 0.15) is 30.9 Å². The maximum atomic E-state index is 12.9. The van der Waals surface area contributed by atoms with Crippen molar-refractivity contribution >= 4 is 11.8 Å². The number of hydrogen-bond donors (Lipinski definition) is 1. The topological polar surface area (TPSA) is 93.4 Å². The number of carbonyl (C=O) groups excluding carboxylic acids is 2. The maximum Gasteiger partial charge on any atom is 0.331 e. The molecule has 2 aromatic rings. The van der Waals surface area contributed by atoms with Gasteiger partial charge >= 0.3 is 5.69 Å². The third-order valence-electron chi connectivity index (χ3n) is 5.22. The van der Waals surface area contributed by atoms with Gasteiger partial charge in [-0.2, -0.15) is 0 Å². The minimum absolute atomic E-state index is 0.192. The molecule has 2 heterocycles. The van der Waals surface area contributed by atoms with Crippen LogP contribution in [-0.4, -0.2) is 38.4 Å². The van der Waals surface area contributed by atoms with E-state index in [2.05, 4.69) is 5.32 Å². The first-order valence-corrected chi connectivity index (χ1v) is 9.84. The zero-order chi connectivity index (χ0) is 21.0. The van der Waals surface area contributed by atoms with E-state index in [-0.39, 0.29) is 30.5 Å². The molecule has 1 saturated heterocycles. The summed E-state index contributed by atoms with van der Waals surface area (Å²) in [5.74, 6) is -0.494. The molecular weight excluding hydrogens is 372 g/mol. The second-order valence-electron chi connectivity index (χ2n) is 7.22. The number of aromatic nitrogens is 2. The van der Waals surface area contributed by atoms with Crippen LogP contribution in [-0.2, 0) is 29.2 Å². The first-order chi connectivity index (χ1) is 13.9. The second-order valence-corrected chi connectivity index (χ2v) is 7.22. The first-order valence-electron chi connectivity index (χ1n) is 9.84. The molecule has 1 aliphatic rings. The molecule has 0 spiro atoms. The van der Waals surface area contributed by atoms with Crippen molar-refractivity contribution in [1.29, 1.82) is 0 Å². The molecule has 1 aromatic heterocycles. The number of benzene rings is 1. The van der Waals surface area contributed by atoms with E-state index in [1.807, 2.05) is 30.3 Å². The molecule has 1 N–H and O–H groups in total. The molecule has 1 fully saturated rings. The Kier molecular flexibility index (Phi) is 6.31. The Bertz CT molecular complexity index is 1010. The molecule has 0 radical (unpaired) electrons. The summed E-state index contributed by atoms with van der Waals surface area (Å²) >= 11 is 0. The van der Waals surface area contributed by atoms with Crippen molar-refractivity contribution in [3.8, 4) is 0 Å². The lowest BCUT2D eigenvalue weighted by Crippen LogP contribution is -2.48. The summed E-state index contributed by atoms with van der Waals surface area (Å²) in [5, 5.41) is 2.89. The van der Waals surface area contributed by atoms with Crippen molar-refractivity contribution in [2.45, 2.75) is 52.4 Å². The van der Waals surface area contributed by atoms with Crippen molar-refractivity contribution in [3.63, 3.8) is 0 Å². The lowest BCUT2D eigenvalue weighted by Gasteiger charge is -2.24. The lowest BCUT2D eigenvalue weighted by atomic mass is 10.2. The van der Waals surface area contributed by atoms with Gasteiger partial charge in [0.1, 0.15) is 12.6 Å². The number of rotatable bonds is 6. The summed E-state index contributed by atoms with van der Waals surface area (Å²) < 4.78 is 2.36. The highest BCUT2D eigenvalue weighted by molar-refractivity contribution is 5.88. The van der Waals surface area contributed by atoms with Crippen LogP contribution in [0.25, 0.3) is 0 Å². The van der Waals surface area contributed by atoms with Crippen molar-refractivity contribution in [1.82, 2.24) is 19.4 Å². The average Bonchev–Trinajstić information content (AvgIpc) is 3.21. The maximum absolute atomic E-state index is 12.9. The monoisotopic (exact) mass is 398 g/mol. The number of likely N-dealkylation sites (tertiary alicyclic amines) is 1. The Hall–Kier alpha value is -3.16. The molecular formula is C21H26N4O4. The first kappa shape index (κ1) is 20.6. The van der Waals surface area contributed by atoms with Gasteiger partial charge in [0.2, 0.25) is 11.8 Å².